The number of carboxylic acids is 1. The average molecular weight is 312 g/mol. The summed E-state index contributed by atoms with van der Waals surface area (Å²) >= 11 is 6.09. The molecule has 1 aromatic rings. The lowest BCUT2D eigenvalue weighted by atomic mass is 9.98. The standard InChI is InChI=1S/C14H18ClN3O3/c1-9-11(13(15)17(2)16-9)5-6-12(19)18-7-3-4-10(8-18)14(20)21/h5-6,10H,3-4,7-8H2,1-2H3,(H,20,21). The van der Waals surface area contributed by atoms with Crippen molar-refractivity contribution < 1.29 is 14.7 Å². The van der Waals surface area contributed by atoms with Gasteiger partial charge in [-0.15, -0.1) is 0 Å². The predicted octanol–water partition coefficient (Wildman–Crippen LogP) is 1.72. The Morgan fingerprint density at radius 1 is 1.48 bits per heavy atom. The van der Waals surface area contributed by atoms with Gasteiger partial charge >= 0.3 is 5.97 Å². The van der Waals surface area contributed by atoms with Crippen LogP contribution in [0.1, 0.15) is 24.1 Å². The molecule has 1 atom stereocenters. The molecule has 1 aliphatic heterocycles. The van der Waals surface area contributed by atoms with Crippen molar-refractivity contribution in [2.45, 2.75) is 19.8 Å². The second-order valence-electron chi connectivity index (χ2n) is 5.21. The maximum atomic E-state index is 12.1. The number of amides is 1. The molecule has 1 saturated heterocycles. The zero-order chi connectivity index (χ0) is 15.6. The lowest BCUT2D eigenvalue weighted by Crippen LogP contribution is -2.41. The zero-order valence-corrected chi connectivity index (χ0v) is 12.8. The van der Waals surface area contributed by atoms with Crippen LogP contribution in [0, 0.1) is 12.8 Å². The molecule has 21 heavy (non-hydrogen) atoms. The highest BCUT2D eigenvalue weighted by molar-refractivity contribution is 6.31. The fraction of sp³-hybridized carbons (Fsp3) is 0.500. The first-order valence-electron chi connectivity index (χ1n) is 6.79. The molecule has 1 aromatic heterocycles. The van der Waals surface area contributed by atoms with Gasteiger partial charge in [-0.3, -0.25) is 14.3 Å². The van der Waals surface area contributed by atoms with E-state index in [1.807, 2.05) is 6.92 Å². The molecule has 114 valence electrons. The van der Waals surface area contributed by atoms with Crippen molar-refractivity contribution in [2.75, 3.05) is 13.1 Å². The van der Waals surface area contributed by atoms with Crippen molar-refractivity contribution in [1.29, 1.82) is 0 Å². The Morgan fingerprint density at radius 2 is 2.19 bits per heavy atom. The van der Waals surface area contributed by atoms with Gasteiger partial charge in [0.25, 0.3) is 0 Å². The number of carboxylic acid groups (broad SMARTS) is 1. The predicted molar refractivity (Wildman–Crippen MR) is 78.9 cm³/mol. The van der Waals surface area contributed by atoms with Gasteiger partial charge < -0.3 is 10.0 Å². The van der Waals surface area contributed by atoms with Crippen molar-refractivity contribution in [1.82, 2.24) is 14.7 Å². The second kappa shape index (κ2) is 6.30. The van der Waals surface area contributed by atoms with Crippen molar-refractivity contribution >= 4 is 29.6 Å². The molecular formula is C14H18ClN3O3. The van der Waals surface area contributed by atoms with E-state index in [2.05, 4.69) is 5.10 Å². The highest BCUT2D eigenvalue weighted by Crippen LogP contribution is 2.21. The molecule has 1 N–H and O–H groups in total. The van der Waals surface area contributed by atoms with E-state index in [4.69, 9.17) is 16.7 Å². The van der Waals surface area contributed by atoms with Crippen molar-refractivity contribution in [3.8, 4) is 0 Å². The number of nitrogens with zero attached hydrogens (tertiary/aromatic N) is 3. The number of aromatic nitrogens is 2. The van der Waals surface area contributed by atoms with Gasteiger partial charge in [0.15, 0.2) is 0 Å². The first-order valence-corrected chi connectivity index (χ1v) is 7.17. The SMILES string of the molecule is Cc1nn(C)c(Cl)c1C=CC(=O)N1CCCC(C(=O)O)C1. The lowest BCUT2D eigenvalue weighted by molar-refractivity contribution is -0.144. The maximum Gasteiger partial charge on any atom is 0.308 e. The second-order valence-corrected chi connectivity index (χ2v) is 5.57. The molecule has 1 amide bonds. The maximum absolute atomic E-state index is 12.1. The van der Waals surface area contributed by atoms with Crippen molar-refractivity contribution in [3.05, 3.63) is 22.5 Å². The number of likely N-dealkylation sites (tertiary alicyclic amines) is 1. The molecule has 1 fully saturated rings. The van der Waals surface area contributed by atoms with E-state index in [0.717, 1.165) is 5.69 Å². The van der Waals surface area contributed by atoms with Crippen LogP contribution in [0.3, 0.4) is 0 Å². The third-order valence-corrected chi connectivity index (χ3v) is 4.12. The number of halogens is 1. The summed E-state index contributed by atoms with van der Waals surface area (Å²) in [4.78, 5) is 24.7. The van der Waals surface area contributed by atoms with E-state index in [-0.39, 0.29) is 12.5 Å². The first-order chi connectivity index (χ1) is 9.90. The Balaban J connectivity index is 2.07. The van der Waals surface area contributed by atoms with E-state index in [9.17, 15) is 9.59 Å². The number of carbonyl (C=O) groups is 2. The monoisotopic (exact) mass is 311 g/mol. The number of piperidine rings is 1. The van der Waals surface area contributed by atoms with Gasteiger partial charge in [-0.2, -0.15) is 5.10 Å². The summed E-state index contributed by atoms with van der Waals surface area (Å²) in [5.41, 5.74) is 1.45. The van der Waals surface area contributed by atoms with Crippen LogP contribution in [0.5, 0.6) is 0 Å². The number of aliphatic carboxylic acids is 1. The molecule has 1 unspecified atom stereocenters. The van der Waals surface area contributed by atoms with Crippen LogP contribution < -0.4 is 0 Å². The molecule has 0 aliphatic carbocycles. The Labute approximate surface area is 128 Å². The van der Waals surface area contributed by atoms with E-state index >= 15 is 0 Å². The molecule has 2 rings (SSSR count). The lowest BCUT2D eigenvalue weighted by Gasteiger charge is -2.29. The van der Waals surface area contributed by atoms with E-state index in [0.29, 0.717) is 30.1 Å². The first kappa shape index (κ1) is 15.6. The normalized spacial score (nSPS) is 19.2. The zero-order valence-electron chi connectivity index (χ0n) is 12.0. The van der Waals surface area contributed by atoms with Crippen LogP contribution in [0.15, 0.2) is 6.08 Å². The summed E-state index contributed by atoms with van der Waals surface area (Å²) in [5.74, 6) is -1.51. The van der Waals surface area contributed by atoms with Gasteiger partial charge in [0, 0.05) is 31.8 Å². The topological polar surface area (TPSA) is 75.4 Å². The van der Waals surface area contributed by atoms with Crippen LogP contribution in [0.2, 0.25) is 5.15 Å². The van der Waals surface area contributed by atoms with Gasteiger partial charge in [0.05, 0.1) is 11.6 Å². The quantitative estimate of drug-likeness (QED) is 0.862. The summed E-state index contributed by atoms with van der Waals surface area (Å²) in [7, 11) is 1.73. The Hall–Kier alpha value is -1.82. The van der Waals surface area contributed by atoms with Crippen LogP contribution in [-0.4, -0.2) is 44.8 Å². The van der Waals surface area contributed by atoms with Gasteiger partial charge in [0.1, 0.15) is 5.15 Å². The van der Waals surface area contributed by atoms with Gasteiger partial charge in [-0.05, 0) is 25.8 Å². The molecule has 1 aliphatic rings. The molecule has 0 spiro atoms. The van der Waals surface area contributed by atoms with E-state index in [1.165, 1.54) is 6.08 Å². The largest absolute Gasteiger partial charge is 0.481 e. The number of carbonyl (C=O) groups excluding carboxylic acids is 1. The van der Waals surface area contributed by atoms with Crippen LogP contribution in [0.4, 0.5) is 0 Å². The van der Waals surface area contributed by atoms with Crippen LogP contribution in [0.25, 0.3) is 6.08 Å². The Kier molecular flexibility index (Phi) is 4.67. The number of rotatable bonds is 3. The molecule has 0 radical (unpaired) electrons. The summed E-state index contributed by atoms with van der Waals surface area (Å²) in [5, 5.41) is 13.7. The molecule has 0 saturated carbocycles. The van der Waals surface area contributed by atoms with E-state index in [1.54, 1.807) is 22.7 Å². The van der Waals surface area contributed by atoms with Crippen molar-refractivity contribution in [3.63, 3.8) is 0 Å². The third-order valence-electron chi connectivity index (χ3n) is 3.67. The average Bonchev–Trinajstić information content (AvgIpc) is 2.70. The molecule has 0 aromatic carbocycles. The van der Waals surface area contributed by atoms with Crippen LogP contribution >= 0.6 is 11.6 Å². The highest BCUT2D eigenvalue weighted by Gasteiger charge is 2.27. The summed E-state index contributed by atoms with van der Waals surface area (Å²) < 4.78 is 1.54. The molecule has 2 heterocycles. The third kappa shape index (κ3) is 3.44. The van der Waals surface area contributed by atoms with Gasteiger partial charge in [-0.1, -0.05) is 11.6 Å². The van der Waals surface area contributed by atoms with Gasteiger partial charge in [0.2, 0.25) is 5.91 Å². The van der Waals surface area contributed by atoms with E-state index < -0.39 is 11.9 Å². The number of hydrogen-bond donors (Lipinski definition) is 1. The molecular weight excluding hydrogens is 294 g/mol. The fourth-order valence-electron chi connectivity index (χ4n) is 2.47. The summed E-state index contributed by atoms with van der Waals surface area (Å²) in [6, 6.07) is 0. The number of hydrogen-bond acceptors (Lipinski definition) is 3. The Bertz CT molecular complexity index is 595. The minimum absolute atomic E-state index is 0.194. The Morgan fingerprint density at radius 3 is 2.76 bits per heavy atom. The molecule has 6 nitrogen and oxygen atoms in total. The summed E-state index contributed by atoms with van der Waals surface area (Å²) in [6.45, 7) is 2.67. The minimum atomic E-state index is -0.845. The van der Waals surface area contributed by atoms with Gasteiger partial charge in [-0.25, -0.2) is 0 Å². The molecule has 7 heteroatoms. The summed E-state index contributed by atoms with van der Waals surface area (Å²) in [6.07, 6.45) is 4.40. The minimum Gasteiger partial charge on any atom is -0.481 e. The van der Waals surface area contributed by atoms with Crippen LogP contribution in [-0.2, 0) is 16.6 Å². The fourth-order valence-corrected chi connectivity index (χ4v) is 2.71. The van der Waals surface area contributed by atoms with Crippen molar-refractivity contribution in [2.24, 2.45) is 13.0 Å². The highest BCUT2D eigenvalue weighted by atomic mass is 35.5. The molecule has 0 bridgehead atoms. The number of aryl methyl sites for hydroxylation is 2. The smallest absolute Gasteiger partial charge is 0.308 e.